The lowest BCUT2D eigenvalue weighted by Gasteiger charge is -2.32. The van der Waals surface area contributed by atoms with Gasteiger partial charge in [0.2, 0.25) is 11.8 Å². The van der Waals surface area contributed by atoms with Crippen molar-refractivity contribution in [3.05, 3.63) is 120 Å². The SMILES string of the molecule is CNCC(=O)N(CCCN(CCN1C(=O)c2cccc3c(-n4ccnc4)ccc(c23)C1=O)C(=O)CNC)CCN1C(=O)c2cccc3c(-n4ccnc4)ccc(c23)C1=O. The van der Waals surface area contributed by atoms with Gasteiger partial charge in [0.25, 0.3) is 23.6 Å². The third-order valence-electron chi connectivity index (χ3n) is 10.9. The third-order valence-corrected chi connectivity index (χ3v) is 10.9. The van der Waals surface area contributed by atoms with E-state index in [2.05, 4.69) is 20.6 Å². The van der Waals surface area contributed by atoms with E-state index >= 15 is 0 Å². The van der Waals surface area contributed by atoms with Gasteiger partial charge < -0.3 is 29.6 Å². The first kappa shape index (κ1) is 38.8. The number of carbonyl (C=O) groups excluding carboxylic acids is 6. The van der Waals surface area contributed by atoms with Crippen LogP contribution in [0.4, 0.5) is 0 Å². The van der Waals surface area contributed by atoms with E-state index in [0.29, 0.717) is 39.4 Å². The van der Waals surface area contributed by atoms with Gasteiger partial charge in [0.05, 0.1) is 37.1 Å². The Balaban J connectivity index is 0.947. The van der Waals surface area contributed by atoms with Crippen LogP contribution < -0.4 is 10.6 Å². The maximum atomic E-state index is 13.9. The zero-order chi connectivity index (χ0) is 41.2. The summed E-state index contributed by atoms with van der Waals surface area (Å²) in [7, 11) is 3.31. The number of likely N-dealkylation sites (N-methyl/N-ethyl adjacent to an activating group) is 2. The average molecular weight is 795 g/mol. The fourth-order valence-corrected chi connectivity index (χ4v) is 8.06. The molecule has 300 valence electrons. The molecular weight excluding hydrogens is 753 g/mol. The molecule has 4 heterocycles. The highest BCUT2D eigenvalue weighted by Gasteiger charge is 2.35. The summed E-state index contributed by atoms with van der Waals surface area (Å²) in [5.41, 5.74) is 3.18. The van der Waals surface area contributed by atoms with E-state index in [1.165, 1.54) is 9.80 Å². The van der Waals surface area contributed by atoms with E-state index in [9.17, 15) is 28.8 Å². The van der Waals surface area contributed by atoms with Crippen LogP contribution in [0.3, 0.4) is 0 Å². The Bertz CT molecular complexity index is 2400. The summed E-state index contributed by atoms with van der Waals surface area (Å²) >= 11 is 0. The molecule has 0 saturated heterocycles. The minimum Gasteiger partial charge on any atom is -0.340 e. The minimum atomic E-state index is -0.444. The van der Waals surface area contributed by atoms with Gasteiger partial charge in [0, 0.05) is 108 Å². The van der Waals surface area contributed by atoms with Crippen molar-refractivity contribution in [2.24, 2.45) is 0 Å². The molecule has 2 aliphatic heterocycles. The Morgan fingerprint density at radius 3 is 1.34 bits per heavy atom. The molecule has 6 amide bonds. The summed E-state index contributed by atoms with van der Waals surface area (Å²) < 4.78 is 3.66. The second-order valence-corrected chi connectivity index (χ2v) is 14.4. The molecule has 4 aromatic carbocycles. The monoisotopic (exact) mass is 794 g/mol. The number of aromatic nitrogens is 4. The van der Waals surface area contributed by atoms with Gasteiger partial charge in [-0.15, -0.1) is 0 Å². The number of amides is 6. The largest absolute Gasteiger partial charge is 0.340 e. The molecule has 8 rings (SSSR count). The number of nitrogens with one attached hydrogen (secondary N) is 2. The van der Waals surface area contributed by atoms with Crippen LogP contribution in [0.1, 0.15) is 47.9 Å². The fourth-order valence-electron chi connectivity index (χ4n) is 8.06. The molecule has 6 aromatic rings. The number of imidazole rings is 2. The van der Waals surface area contributed by atoms with Gasteiger partial charge in [-0.25, -0.2) is 9.97 Å². The molecule has 0 fully saturated rings. The lowest BCUT2D eigenvalue weighted by atomic mass is 9.93. The van der Waals surface area contributed by atoms with Crippen LogP contribution in [-0.4, -0.2) is 141 Å². The van der Waals surface area contributed by atoms with Crippen LogP contribution in [-0.2, 0) is 9.59 Å². The molecular formula is C43H42N10O6. The number of imide groups is 2. The van der Waals surface area contributed by atoms with Crippen molar-refractivity contribution >= 4 is 57.0 Å². The van der Waals surface area contributed by atoms with Gasteiger partial charge in [0.15, 0.2) is 0 Å². The standard InChI is InChI=1S/C43H42N10O6/c1-44-24-36(54)48(20-22-52-40(56)30-8-3-6-28-34(50-18-14-46-26-50)12-10-32(38(28)30)42(52)58)16-5-17-49(37(55)25-45-2)21-23-53-41(57)31-9-4-7-29-35(51-19-15-47-27-51)13-11-33(39(29)31)43(53)59/h3-4,6-15,18-19,26-27,44-45H,5,16-17,20-25H2,1-2H3. The van der Waals surface area contributed by atoms with E-state index in [1.54, 1.807) is 97.7 Å². The maximum absolute atomic E-state index is 13.9. The highest BCUT2D eigenvalue weighted by atomic mass is 16.2. The first-order chi connectivity index (χ1) is 28.7. The molecule has 2 aliphatic rings. The van der Waals surface area contributed by atoms with E-state index in [1.807, 2.05) is 33.4 Å². The molecule has 59 heavy (non-hydrogen) atoms. The van der Waals surface area contributed by atoms with Gasteiger partial charge in [-0.05, 0) is 56.9 Å². The van der Waals surface area contributed by atoms with Crippen molar-refractivity contribution in [3.8, 4) is 11.4 Å². The number of rotatable bonds is 16. The predicted octanol–water partition coefficient (Wildman–Crippen LogP) is 2.74. The summed E-state index contributed by atoms with van der Waals surface area (Å²) in [5.74, 6) is -2.25. The third kappa shape index (κ3) is 7.12. The van der Waals surface area contributed by atoms with Crippen molar-refractivity contribution < 1.29 is 28.8 Å². The van der Waals surface area contributed by atoms with Crippen LogP contribution in [0.2, 0.25) is 0 Å². The van der Waals surface area contributed by atoms with Crippen molar-refractivity contribution in [3.63, 3.8) is 0 Å². The molecule has 16 nitrogen and oxygen atoms in total. The first-order valence-corrected chi connectivity index (χ1v) is 19.4. The number of carbonyl (C=O) groups is 6. The Kier molecular flexibility index (Phi) is 10.8. The predicted molar refractivity (Wildman–Crippen MR) is 219 cm³/mol. The van der Waals surface area contributed by atoms with Crippen LogP contribution in [0.5, 0.6) is 0 Å². The minimum absolute atomic E-state index is 0.0285. The molecule has 2 N–H and O–H groups in total. The second-order valence-electron chi connectivity index (χ2n) is 14.4. The van der Waals surface area contributed by atoms with Crippen molar-refractivity contribution in [2.75, 3.05) is 66.5 Å². The van der Waals surface area contributed by atoms with Gasteiger partial charge >= 0.3 is 0 Å². The van der Waals surface area contributed by atoms with Crippen LogP contribution in [0.15, 0.2) is 98.1 Å². The van der Waals surface area contributed by atoms with Crippen molar-refractivity contribution in [1.82, 2.24) is 49.3 Å². The highest BCUT2D eigenvalue weighted by Crippen LogP contribution is 2.35. The molecule has 0 saturated carbocycles. The van der Waals surface area contributed by atoms with Gasteiger partial charge in [-0.3, -0.25) is 38.6 Å². The van der Waals surface area contributed by atoms with E-state index in [-0.39, 0.29) is 64.2 Å². The maximum Gasteiger partial charge on any atom is 0.261 e. The van der Waals surface area contributed by atoms with Gasteiger partial charge in [0.1, 0.15) is 0 Å². The van der Waals surface area contributed by atoms with E-state index < -0.39 is 23.6 Å². The zero-order valence-electron chi connectivity index (χ0n) is 32.6. The summed E-state index contributed by atoms with van der Waals surface area (Å²) in [6.07, 6.45) is 10.6. The molecule has 0 aliphatic carbocycles. The lowest BCUT2D eigenvalue weighted by molar-refractivity contribution is -0.131. The molecule has 0 spiro atoms. The quantitative estimate of drug-likeness (QED) is 0.139. The summed E-state index contributed by atoms with van der Waals surface area (Å²) in [5, 5.41) is 8.41. The summed E-state index contributed by atoms with van der Waals surface area (Å²) in [6, 6.07) is 17.8. The van der Waals surface area contributed by atoms with Gasteiger partial charge in [-0.1, -0.05) is 24.3 Å². The molecule has 0 unspecified atom stereocenters. The van der Waals surface area contributed by atoms with Crippen molar-refractivity contribution in [1.29, 1.82) is 0 Å². The highest BCUT2D eigenvalue weighted by molar-refractivity contribution is 6.27. The van der Waals surface area contributed by atoms with E-state index in [4.69, 9.17) is 0 Å². The second kappa shape index (κ2) is 16.4. The molecule has 0 atom stereocenters. The van der Waals surface area contributed by atoms with Crippen LogP contribution in [0.25, 0.3) is 32.9 Å². The molecule has 0 radical (unpaired) electrons. The molecule has 16 heteroatoms. The first-order valence-electron chi connectivity index (χ1n) is 19.4. The number of hydrogen-bond acceptors (Lipinski definition) is 10. The Morgan fingerprint density at radius 1 is 0.559 bits per heavy atom. The van der Waals surface area contributed by atoms with E-state index in [0.717, 1.165) is 22.1 Å². The summed E-state index contributed by atoms with van der Waals surface area (Å²) in [6.45, 7) is 0.572. The topological polar surface area (TPSA) is 175 Å². The summed E-state index contributed by atoms with van der Waals surface area (Å²) in [4.78, 5) is 95.9. The zero-order valence-corrected chi connectivity index (χ0v) is 32.6. The Labute approximate surface area is 339 Å². The Hall–Kier alpha value is -7.04. The Morgan fingerprint density at radius 2 is 0.966 bits per heavy atom. The number of benzene rings is 4. The van der Waals surface area contributed by atoms with Gasteiger partial charge in [-0.2, -0.15) is 0 Å². The van der Waals surface area contributed by atoms with Crippen molar-refractivity contribution in [2.45, 2.75) is 6.42 Å². The number of nitrogens with zero attached hydrogens (tertiary/aromatic N) is 8. The number of hydrogen-bond donors (Lipinski definition) is 2. The normalized spacial score (nSPS) is 13.5. The fraction of sp³-hybridized carbons (Fsp3) is 0.256. The van der Waals surface area contributed by atoms with Crippen LogP contribution in [0, 0.1) is 0 Å². The lowest BCUT2D eigenvalue weighted by Crippen LogP contribution is -2.49. The molecule has 0 bridgehead atoms. The molecule has 2 aromatic heterocycles. The smallest absolute Gasteiger partial charge is 0.261 e. The van der Waals surface area contributed by atoms with Crippen LogP contribution >= 0.6 is 0 Å². The average Bonchev–Trinajstić information content (AvgIpc) is 3.99.